The molecule has 0 spiro atoms. The average Bonchev–Trinajstić information content (AvgIpc) is 2.97. The molecule has 0 bridgehead atoms. The molecule has 0 aliphatic rings. The SMILES string of the molecule is CCn1cnc2c(=O)n(-c3ccc(Cl)cc3)c(CCC(C)(C)C)nc21. The maximum absolute atomic E-state index is 13.1. The molecule has 0 fully saturated rings. The van der Waals surface area contributed by atoms with Gasteiger partial charge in [0.25, 0.3) is 5.56 Å². The predicted molar refractivity (Wildman–Crippen MR) is 102 cm³/mol. The first-order valence-corrected chi connectivity index (χ1v) is 8.90. The highest BCUT2D eigenvalue weighted by molar-refractivity contribution is 6.30. The maximum atomic E-state index is 13.1. The Kier molecular flexibility index (Phi) is 4.69. The third kappa shape index (κ3) is 3.61. The molecule has 2 heterocycles. The number of imidazole rings is 1. The van der Waals surface area contributed by atoms with Crippen molar-refractivity contribution in [3.05, 3.63) is 51.8 Å². The monoisotopic (exact) mass is 358 g/mol. The molecule has 0 aliphatic carbocycles. The van der Waals surface area contributed by atoms with E-state index in [-0.39, 0.29) is 11.0 Å². The van der Waals surface area contributed by atoms with E-state index >= 15 is 0 Å². The van der Waals surface area contributed by atoms with Crippen LogP contribution in [0.4, 0.5) is 0 Å². The van der Waals surface area contributed by atoms with Crippen LogP contribution in [0.1, 0.15) is 39.9 Å². The third-order valence-corrected chi connectivity index (χ3v) is 4.48. The molecule has 0 aliphatic heterocycles. The molecule has 132 valence electrons. The minimum atomic E-state index is -0.136. The van der Waals surface area contributed by atoms with Crippen LogP contribution < -0.4 is 5.56 Å². The number of halogens is 1. The van der Waals surface area contributed by atoms with E-state index in [2.05, 4.69) is 25.8 Å². The average molecular weight is 359 g/mol. The summed E-state index contributed by atoms with van der Waals surface area (Å²) in [6, 6.07) is 7.25. The van der Waals surface area contributed by atoms with Gasteiger partial charge in [-0.1, -0.05) is 32.4 Å². The summed E-state index contributed by atoms with van der Waals surface area (Å²) in [6.45, 7) is 9.31. The Hall–Kier alpha value is -2.14. The Morgan fingerprint density at radius 2 is 1.84 bits per heavy atom. The van der Waals surface area contributed by atoms with Gasteiger partial charge in [-0.25, -0.2) is 9.97 Å². The lowest BCUT2D eigenvalue weighted by Crippen LogP contribution is -2.25. The smallest absolute Gasteiger partial charge is 0.286 e. The van der Waals surface area contributed by atoms with Gasteiger partial charge in [0.05, 0.1) is 12.0 Å². The molecule has 25 heavy (non-hydrogen) atoms. The second kappa shape index (κ2) is 6.64. The van der Waals surface area contributed by atoms with E-state index in [1.165, 1.54) is 0 Å². The van der Waals surface area contributed by atoms with E-state index in [1.807, 2.05) is 23.6 Å². The number of aryl methyl sites for hydroxylation is 2. The maximum Gasteiger partial charge on any atom is 0.286 e. The molecular formula is C19H23ClN4O. The van der Waals surface area contributed by atoms with Gasteiger partial charge in [0, 0.05) is 18.0 Å². The summed E-state index contributed by atoms with van der Waals surface area (Å²) in [7, 11) is 0. The van der Waals surface area contributed by atoms with Gasteiger partial charge >= 0.3 is 0 Å². The molecule has 3 rings (SSSR count). The number of aromatic nitrogens is 4. The zero-order valence-electron chi connectivity index (χ0n) is 15.1. The highest BCUT2D eigenvalue weighted by Crippen LogP contribution is 2.23. The lowest BCUT2D eigenvalue weighted by Gasteiger charge is -2.19. The number of fused-ring (bicyclic) bond motifs is 1. The van der Waals surface area contributed by atoms with Crippen LogP contribution in [-0.2, 0) is 13.0 Å². The van der Waals surface area contributed by atoms with Crippen molar-refractivity contribution >= 4 is 22.8 Å². The lowest BCUT2D eigenvalue weighted by atomic mass is 9.90. The molecular weight excluding hydrogens is 336 g/mol. The highest BCUT2D eigenvalue weighted by atomic mass is 35.5. The highest BCUT2D eigenvalue weighted by Gasteiger charge is 2.18. The van der Waals surface area contributed by atoms with Gasteiger partial charge in [-0.05, 0) is 43.0 Å². The molecule has 1 aromatic carbocycles. The Morgan fingerprint density at radius 3 is 2.44 bits per heavy atom. The largest absolute Gasteiger partial charge is 0.315 e. The Labute approximate surface area is 152 Å². The summed E-state index contributed by atoms with van der Waals surface area (Å²) < 4.78 is 3.57. The van der Waals surface area contributed by atoms with Crippen LogP contribution in [0.15, 0.2) is 35.4 Å². The van der Waals surface area contributed by atoms with E-state index in [0.717, 1.165) is 24.5 Å². The summed E-state index contributed by atoms with van der Waals surface area (Å²) in [5.74, 6) is 0.755. The molecule has 2 aromatic heterocycles. The molecule has 0 radical (unpaired) electrons. The van der Waals surface area contributed by atoms with E-state index in [1.54, 1.807) is 23.0 Å². The van der Waals surface area contributed by atoms with Crippen LogP contribution in [0.2, 0.25) is 5.02 Å². The molecule has 0 amide bonds. The zero-order valence-corrected chi connectivity index (χ0v) is 15.8. The van der Waals surface area contributed by atoms with E-state index < -0.39 is 0 Å². The van der Waals surface area contributed by atoms with Gasteiger partial charge in [-0.3, -0.25) is 9.36 Å². The van der Waals surface area contributed by atoms with E-state index in [9.17, 15) is 4.79 Å². The summed E-state index contributed by atoms with van der Waals surface area (Å²) in [5, 5.41) is 0.636. The van der Waals surface area contributed by atoms with Crippen molar-refractivity contribution < 1.29 is 0 Å². The fourth-order valence-electron chi connectivity index (χ4n) is 2.78. The summed E-state index contributed by atoms with van der Waals surface area (Å²) in [4.78, 5) is 22.2. The zero-order chi connectivity index (χ0) is 18.2. The summed E-state index contributed by atoms with van der Waals surface area (Å²) >= 11 is 6.00. The van der Waals surface area contributed by atoms with Crippen molar-refractivity contribution in [1.29, 1.82) is 0 Å². The van der Waals surface area contributed by atoms with E-state index in [0.29, 0.717) is 22.6 Å². The van der Waals surface area contributed by atoms with Crippen molar-refractivity contribution in [3.63, 3.8) is 0 Å². The second-order valence-electron chi connectivity index (χ2n) is 7.41. The number of benzene rings is 1. The molecule has 0 saturated carbocycles. The Morgan fingerprint density at radius 1 is 1.16 bits per heavy atom. The topological polar surface area (TPSA) is 52.7 Å². The van der Waals surface area contributed by atoms with E-state index in [4.69, 9.17) is 16.6 Å². The van der Waals surface area contributed by atoms with Crippen LogP contribution in [0.25, 0.3) is 16.9 Å². The van der Waals surface area contributed by atoms with Crippen LogP contribution in [0, 0.1) is 5.41 Å². The quantitative estimate of drug-likeness (QED) is 0.701. The number of rotatable bonds is 4. The lowest BCUT2D eigenvalue weighted by molar-refractivity contribution is 0.373. The van der Waals surface area contributed by atoms with Crippen LogP contribution in [-0.4, -0.2) is 19.1 Å². The number of nitrogens with zero attached hydrogens (tertiary/aromatic N) is 4. The fourth-order valence-corrected chi connectivity index (χ4v) is 2.91. The Balaban J connectivity index is 2.22. The van der Waals surface area contributed by atoms with Crippen molar-refractivity contribution in [2.24, 2.45) is 5.41 Å². The van der Waals surface area contributed by atoms with Crippen LogP contribution in [0.5, 0.6) is 0 Å². The standard InChI is InChI=1S/C19H23ClN4O/c1-5-23-12-21-16-17(23)22-15(10-11-19(2,3)4)24(18(16)25)14-8-6-13(20)7-9-14/h6-9,12H,5,10-11H2,1-4H3. The molecule has 0 atom stereocenters. The van der Waals surface area contributed by atoms with Crippen molar-refractivity contribution in [3.8, 4) is 5.69 Å². The molecule has 0 unspecified atom stereocenters. The predicted octanol–water partition coefficient (Wildman–Crippen LogP) is 4.23. The molecule has 3 aromatic rings. The van der Waals surface area contributed by atoms with Gasteiger partial charge < -0.3 is 4.57 Å². The molecule has 0 saturated heterocycles. The molecule has 5 nitrogen and oxygen atoms in total. The summed E-state index contributed by atoms with van der Waals surface area (Å²) in [5.41, 5.74) is 1.84. The first kappa shape index (κ1) is 17.7. The summed E-state index contributed by atoms with van der Waals surface area (Å²) in [6.07, 6.45) is 3.32. The van der Waals surface area contributed by atoms with Gasteiger partial charge in [0.15, 0.2) is 11.2 Å². The minimum Gasteiger partial charge on any atom is -0.315 e. The first-order chi connectivity index (χ1) is 11.8. The van der Waals surface area contributed by atoms with Gasteiger partial charge in [-0.2, -0.15) is 0 Å². The number of hydrogen-bond donors (Lipinski definition) is 0. The van der Waals surface area contributed by atoms with Gasteiger partial charge in [0.1, 0.15) is 5.82 Å². The first-order valence-electron chi connectivity index (χ1n) is 8.53. The second-order valence-corrected chi connectivity index (χ2v) is 7.84. The van der Waals surface area contributed by atoms with Crippen molar-refractivity contribution in [1.82, 2.24) is 19.1 Å². The normalized spacial score (nSPS) is 12.0. The molecule has 0 N–H and O–H groups in total. The fraction of sp³-hybridized carbons (Fsp3) is 0.421. The van der Waals surface area contributed by atoms with Gasteiger partial charge in [0.2, 0.25) is 0 Å². The Bertz CT molecular complexity index is 948. The van der Waals surface area contributed by atoms with Crippen LogP contribution in [0.3, 0.4) is 0 Å². The third-order valence-electron chi connectivity index (χ3n) is 4.23. The van der Waals surface area contributed by atoms with Crippen molar-refractivity contribution in [2.45, 2.75) is 47.1 Å². The van der Waals surface area contributed by atoms with Crippen molar-refractivity contribution in [2.75, 3.05) is 0 Å². The van der Waals surface area contributed by atoms with Gasteiger partial charge in [-0.15, -0.1) is 0 Å². The van der Waals surface area contributed by atoms with Crippen LogP contribution >= 0.6 is 11.6 Å². The minimum absolute atomic E-state index is 0.136. The number of hydrogen-bond acceptors (Lipinski definition) is 3. The molecule has 6 heteroatoms.